The van der Waals surface area contributed by atoms with E-state index < -0.39 is 6.10 Å². The van der Waals surface area contributed by atoms with Gasteiger partial charge in [-0.1, -0.05) is 306 Å². The molecule has 0 rings (SSSR count). The van der Waals surface area contributed by atoms with Gasteiger partial charge in [-0.05, 0) is 64.2 Å². The van der Waals surface area contributed by atoms with Crippen LogP contribution in [-0.2, 0) is 28.6 Å². The summed E-state index contributed by atoms with van der Waals surface area (Å²) in [6, 6.07) is 0. The molecular formula is C67H118O6. The Balaban J connectivity index is 4.41. The first kappa shape index (κ1) is 69.8. The van der Waals surface area contributed by atoms with Crippen molar-refractivity contribution in [3.63, 3.8) is 0 Å². The Bertz CT molecular complexity index is 1360. The van der Waals surface area contributed by atoms with Gasteiger partial charge in [0.15, 0.2) is 6.10 Å². The van der Waals surface area contributed by atoms with Crippen molar-refractivity contribution in [2.75, 3.05) is 13.2 Å². The van der Waals surface area contributed by atoms with Gasteiger partial charge in [0.05, 0.1) is 0 Å². The molecule has 0 aliphatic carbocycles. The van der Waals surface area contributed by atoms with E-state index in [1.807, 2.05) is 24.3 Å². The van der Waals surface area contributed by atoms with Crippen LogP contribution in [0.25, 0.3) is 0 Å². The minimum absolute atomic E-state index is 0.0846. The highest BCUT2D eigenvalue weighted by molar-refractivity contribution is 5.71. The van der Waals surface area contributed by atoms with Gasteiger partial charge in [0, 0.05) is 19.3 Å². The molecule has 1 atom stereocenters. The van der Waals surface area contributed by atoms with Crippen molar-refractivity contribution in [2.24, 2.45) is 0 Å². The fraction of sp³-hybridized carbons (Fsp3) is 0.776. The van der Waals surface area contributed by atoms with Crippen LogP contribution >= 0.6 is 0 Å². The Morgan fingerprint density at radius 2 is 0.534 bits per heavy atom. The van der Waals surface area contributed by atoms with Gasteiger partial charge in [-0.2, -0.15) is 0 Å². The number of esters is 3. The second-order valence-electron chi connectivity index (χ2n) is 21.1. The van der Waals surface area contributed by atoms with Gasteiger partial charge in [0.25, 0.3) is 0 Å². The highest BCUT2D eigenvalue weighted by Crippen LogP contribution is 2.17. The van der Waals surface area contributed by atoms with E-state index >= 15 is 0 Å². The third kappa shape index (κ3) is 59.6. The van der Waals surface area contributed by atoms with Crippen molar-refractivity contribution in [3.8, 4) is 0 Å². The van der Waals surface area contributed by atoms with Gasteiger partial charge < -0.3 is 14.2 Å². The van der Waals surface area contributed by atoms with Crippen molar-refractivity contribution in [1.29, 1.82) is 0 Å². The lowest BCUT2D eigenvalue weighted by atomic mass is 10.0. The smallest absolute Gasteiger partial charge is 0.306 e. The largest absolute Gasteiger partial charge is 0.462 e. The first-order valence-corrected chi connectivity index (χ1v) is 31.5. The van der Waals surface area contributed by atoms with E-state index in [1.54, 1.807) is 0 Å². The number of ether oxygens (including phenoxy) is 3. The van der Waals surface area contributed by atoms with Crippen LogP contribution < -0.4 is 0 Å². The quantitative estimate of drug-likeness (QED) is 0.0199. The van der Waals surface area contributed by atoms with Gasteiger partial charge in [0.1, 0.15) is 13.2 Å². The SMILES string of the molecule is CCC\C=C/C=C\C=C/C=C\C=C/CCCCCCCC(=O)OC(COC(=O)CCCCCCCCC/C=C\CCCCCCCCCC)COC(=O)CCCCCCCCCCCCCCCCCCCC. The highest BCUT2D eigenvalue weighted by atomic mass is 16.6. The molecule has 0 bridgehead atoms. The summed E-state index contributed by atoms with van der Waals surface area (Å²) in [5.74, 6) is -0.898. The molecule has 0 aromatic rings. The van der Waals surface area contributed by atoms with Crippen LogP contribution in [0.2, 0.25) is 0 Å². The lowest BCUT2D eigenvalue weighted by Crippen LogP contribution is -2.30. The summed E-state index contributed by atoms with van der Waals surface area (Å²) in [6.07, 6.45) is 78.9. The summed E-state index contributed by atoms with van der Waals surface area (Å²) in [4.78, 5) is 38.3. The van der Waals surface area contributed by atoms with Gasteiger partial charge in [0.2, 0.25) is 0 Å². The van der Waals surface area contributed by atoms with E-state index in [0.29, 0.717) is 19.3 Å². The molecule has 0 aliphatic heterocycles. The zero-order valence-electron chi connectivity index (χ0n) is 48.4. The summed E-state index contributed by atoms with van der Waals surface area (Å²) < 4.78 is 16.9. The molecule has 1 unspecified atom stereocenters. The summed E-state index contributed by atoms with van der Waals surface area (Å²) >= 11 is 0. The van der Waals surface area contributed by atoms with Crippen molar-refractivity contribution in [1.82, 2.24) is 0 Å². The average molecular weight is 1020 g/mol. The molecule has 0 amide bonds. The molecule has 0 spiro atoms. The molecule has 6 heteroatoms. The number of hydrogen-bond donors (Lipinski definition) is 0. The molecule has 0 aromatic carbocycles. The second-order valence-corrected chi connectivity index (χ2v) is 21.1. The van der Waals surface area contributed by atoms with Crippen LogP contribution in [0.3, 0.4) is 0 Å². The lowest BCUT2D eigenvalue weighted by Gasteiger charge is -2.18. The summed E-state index contributed by atoms with van der Waals surface area (Å²) in [5.41, 5.74) is 0. The molecule has 0 N–H and O–H groups in total. The monoisotopic (exact) mass is 1020 g/mol. The standard InChI is InChI=1S/C67H118O6/c1-4-7-10-13-16-19-22-25-28-31-34-37-39-42-45-48-51-54-57-60-66(69)72-63-64(73-67(70)61-58-55-52-49-46-43-40-36-33-30-27-24-21-18-15-12-9-6-3)62-71-65(68)59-56-53-50-47-44-41-38-35-32-29-26-23-20-17-14-11-8-5-2/h12,15,18,21,24,27,30-31,33-34,36,40,64H,4-11,13-14,16-17,19-20,22-23,25-26,28-29,32,35,37-39,41-63H2,1-3H3/b15-12-,21-18-,27-24-,33-30-,34-31-,40-36-. The van der Waals surface area contributed by atoms with Crippen LogP contribution in [0, 0.1) is 0 Å². The van der Waals surface area contributed by atoms with Crippen molar-refractivity contribution in [2.45, 2.75) is 322 Å². The summed E-state index contributed by atoms with van der Waals surface area (Å²) in [5, 5.41) is 0. The van der Waals surface area contributed by atoms with E-state index in [4.69, 9.17) is 14.2 Å². The first-order valence-electron chi connectivity index (χ1n) is 31.5. The molecule has 73 heavy (non-hydrogen) atoms. The number of allylic oxidation sites excluding steroid dienone is 12. The van der Waals surface area contributed by atoms with Crippen LogP contribution in [0.5, 0.6) is 0 Å². The Morgan fingerprint density at radius 3 is 0.863 bits per heavy atom. The molecule has 0 saturated carbocycles. The third-order valence-electron chi connectivity index (χ3n) is 13.8. The molecule has 0 fully saturated rings. The number of rotatable bonds is 57. The summed E-state index contributed by atoms with van der Waals surface area (Å²) in [6.45, 7) is 6.57. The Kier molecular flexibility index (Phi) is 58.7. The predicted molar refractivity (Wildman–Crippen MR) is 316 cm³/mol. The van der Waals surface area contributed by atoms with Crippen LogP contribution in [0.15, 0.2) is 72.9 Å². The molecule has 0 aliphatic rings. The van der Waals surface area contributed by atoms with E-state index in [-0.39, 0.29) is 31.1 Å². The van der Waals surface area contributed by atoms with Crippen molar-refractivity contribution < 1.29 is 28.6 Å². The third-order valence-corrected chi connectivity index (χ3v) is 13.8. The molecule has 0 saturated heterocycles. The molecule has 0 radical (unpaired) electrons. The molecular weight excluding hydrogens is 901 g/mol. The molecule has 0 heterocycles. The second kappa shape index (κ2) is 61.4. The van der Waals surface area contributed by atoms with Crippen LogP contribution in [0.4, 0.5) is 0 Å². The van der Waals surface area contributed by atoms with Gasteiger partial charge in [-0.15, -0.1) is 0 Å². The zero-order valence-corrected chi connectivity index (χ0v) is 48.4. The molecule has 6 nitrogen and oxygen atoms in total. The normalized spacial score (nSPS) is 12.5. The maximum absolute atomic E-state index is 12.9. The van der Waals surface area contributed by atoms with E-state index in [9.17, 15) is 14.4 Å². The number of unbranched alkanes of at least 4 members (excludes halogenated alkanes) is 38. The van der Waals surface area contributed by atoms with Crippen LogP contribution in [-0.4, -0.2) is 37.2 Å². The van der Waals surface area contributed by atoms with E-state index in [2.05, 4.69) is 69.4 Å². The Morgan fingerprint density at radius 1 is 0.274 bits per heavy atom. The lowest BCUT2D eigenvalue weighted by molar-refractivity contribution is -0.167. The number of carbonyl (C=O) groups is 3. The van der Waals surface area contributed by atoms with Gasteiger partial charge in [-0.25, -0.2) is 0 Å². The average Bonchev–Trinajstić information content (AvgIpc) is 3.39. The first-order chi connectivity index (χ1) is 36.0. The van der Waals surface area contributed by atoms with Crippen LogP contribution in [0.1, 0.15) is 316 Å². The highest BCUT2D eigenvalue weighted by Gasteiger charge is 2.19. The van der Waals surface area contributed by atoms with Crippen molar-refractivity contribution in [3.05, 3.63) is 72.9 Å². The number of hydrogen-bond acceptors (Lipinski definition) is 6. The zero-order chi connectivity index (χ0) is 52.9. The van der Waals surface area contributed by atoms with E-state index in [1.165, 1.54) is 193 Å². The Hall–Kier alpha value is -3.15. The molecule has 422 valence electrons. The molecule has 0 aromatic heterocycles. The van der Waals surface area contributed by atoms with Crippen molar-refractivity contribution >= 4 is 17.9 Å². The maximum atomic E-state index is 12.9. The summed E-state index contributed by atoms with van der Waals surface area (Å²) in [7, 11) is 0. The number of carbonyl (C=O) groups excluding carboxylic acids is 3. The van der Waals surface area contributed by atoms with Gasteiger partial charge >= 0.3 is 17.9 Å². The topological polar surface area (TPSA) is 78.9 Å². The van der Waals surface area contributed by atoms with E-state index in [0.717, 1.165) is 83.5 Å². The maximum Gasteiger partial charge on any atom is 0.306 e. The fourth-order valence-corrected chi connectivity index (χ4v) is 9.06. The fourth-order valence-electron chi connectivity index (χ4n) is 9.06. The van der Waals surface area contributed by atoms with Gasteiger partial charge in [-0.3, -0.25) is 14.4 Å². The minimum atomic E-state index is -0.791. The predicted octanol–water partition coefficient (Wildman–Crippen LogP) is 21.3. The minimum Gasteiger partial charge on any atom is -0.462 e. The Labute approximate surface area is 453 Å².